The Hall–Kier alpha value is -4.66. The molecule has 1 fully saturated rings. The fourth-order valence-corrected chi connectivity index (χ4v) is 6.26. The molecule has 7 nitrogen and oxygen atoms in total. The number of hydrogen-bond acceptors (Lipinski definition) is 5. The van der Waals surface area contributed by atoms with Crippen LogP contribution in [0.2, 0.25) is 0 Å². The summed E-state index contributed by atoms with van der Waals surface area (Å²) in [6.07, 6.45) is -4.45. The molecule has 0 aromatic heterocycles. The average molecular weight is 591 g/mol. The van der Waals surface area contributed by atoms with Gasteiger partial charge in [-0.2, -0.15) is 22.7 Å². The molecule has 42 heavy (non-hydrogen) atoms. The number of amides is 1. The fourth-order valence-electron chi connectivity index (χ4n) is 4.79. The van der Waals surface area contributed by atoms with Crippen molar-refractivity contribution in [1.82, 2.24) is 4.31 Å². The Morgan fingerprint density at radius 3 is 2.14 bits per heavy atom. The summed E-state index contributed by atoms with van der Waals surface area (Å²) in [6.45, 7) is 1.48. The van der Waals surface area contributed by atoms with Crippen LogP contribution in [0.15, 0.2) is 102 Å². The molecule has 1 aliphatic rings. The third-order valence-electron chi connectivity index (χ3n) is 7.02. The van der Waals surface area contributed by atoms with E-state index in [0.29, 0.717) is 35.5 Å². The van der Waals surface area contributed by atoms with Crippen LogP contribution in [0.1, 0.15) is 21.5 Å². The number of nitriles is 1. The molecule has 214 valence electrons. The number of sulfonamides is 1. The van der Waals surface area contributed by atoms with E-state index in [0.717, 1.165) is 17.8 Å². The van der Waals surface area contributed by atoms with Crippen LogP contribution in [-0.2, 0) is 16.2 Å². The van der Waals surface area contributed by atoms with Crippen LogP contribution in [-0.4, -0.2) is 44.8 Å². The van der Waals surface area contributed by atoms with E-state index in [9.17, 15) is 26.4 Å². The van der Waals surface area contributed by atoms with Crippen LogP contribution in [0.3, 0.4) is 0 Å². The van der Waals surface area contributed by atoms with Crippen molar-refractivity contribution < 1.29 is 26.4 Å². The number of carbonyl (C=O) groups is 1. The maximum Gasteiger partial charge on any atom is 0.416 e. The largest absolute Gasteiger partial charge is 0.416 e. The van der Waals surface area contributed by atoms with Crippen LogP contribution in [0.25, 0.3) is 11.1 Å². The molecule has 0 bridgehead atoms. The third-order valence-corrected chi connectivity index (χ3v) is 8.92. The summed E-state index contributed by atoms with van der Waals surface area (Å²) in [7, 11) is -3.72. The predicted molar refractivity (Wildman–Crippen MR) is 153 cm³/mol. The number of rotatable bonds is 6. The summed E-state index contributed by atoms with van der Waals surface area (Å²) in [5, 5.41) is 11.9. The van der Waals surface area contributed by atoms with Gasteiger partial charge in [0.05, 0.1) is 22.1 Å². The number of halogens is 3. The second-order valence-electron chi connectivity index (χ2n) is 9.65. The van der Waals surface area contributed by atoms with Gasteiger partial charge in [-0.15, -0.1) is 0 Å². The summed E-state index contributed by atoms with van der Waals surface area (Å²) >= 11 is 0. The van der Waals surface area contributed by atoms with Crippen LogP contribution in [0.4, 0.5) is 24.5 Å². The first-order chi connectivity index (χ1) is 20.1. The van der Waals surface area contributed by atoms with Crippen LogP contribution >= 0.6 is 0 Å². The summed E-state index contributed by atoms with van der Waals surface area (Å²) in [6, 6.07) is 26.4. The number of hydrogen-bond donors (Lipinski definition) is 1. The Morgan fingerprint density at radius 2 is 1.50 bits per heavy atom. The molecule has 1 aliphatic heterocycles. The van der Waals surface area contributed by atoms with Gasteiger partial charge in [0, 0.05) is 43.1 Å². The Morgan fingerprint density at radius 1 is 0.833 bits per heavy atom. The molecule has 0 unspecified atom stereocenters. The van der Waals surface area contributed by atoms with Gasteiger partial charge in [-0.05, 0) is 71.8 Å². The van der Waals surface area contributed by atoms with Gasteiger partial charge in [-0.3, -0.25) is 4.79 Å². The first-order valence-corrected chi connectivity index (χ1v) is 14.4. The van der Waals surface area contributed by atoms with Gasteiger partial charge >= 0.3 is 6.18 Å². The normalized spacial score (nSPS) is 14.3. The molecule has 11 heteroatoms. The highest BCUT2D eigenvalue weighted by Crippen LogP contribution is 2.32. The lowest BCUT2D eigenvalue weighted by atomic mass is 9.98. The van der Waals surface area contributed by atoms with Crippen LogP contribution in [0.5, 0.6) is 0 Å². The Balaban J connectivity index is 1.23. The molecule has 1 heterocycles. The van der Waals surface area contributed by atoms with Crippen molar-refractivity contribution in [3.63, 3.8) is 0 Å². The number of anilines is 2. The lowest BCUT2D eigenvalue weighted by molar-refractivity contribution is -0.137. The summed E-state index contributed by atoms with van der Waals surface area (Å²) in [4.78, 5) is 15.3. The van der Waals surface area contributed by atoms with Gasteiger partial charge in [-0.1, -0.05) is 36.4 Å². The van der Waals surface area contributed by atoms with Gasteiger partial charge < -0.3 is 10.2 Å². The number of benzene rings is 4. The molecule has 0 radical (unpaired) electrons. The second kappa shape index (κ2) is 11.7. The first-order valence-electron chi connectivity index (χ1n) is 13.0. The van der Waals surface area contributed by atoms with E-state index >= 15 is 0 Å². The predicted octanol–water partition coefficient (Wildman–Crippen LogP) is 6.01. The zero-order valence-corrected chi connectivity index (χ0v) is 23.0. The highest BCUT2D eigenvalue weighted by molar-refractivity contribution is 7.89. The maximum absolute atomic E-state index is 13.1. The smallest absolute Gasteiger partial charge is 0.369 e. The minimum Gasteiger partial charge on any atom is -0.369 e. The van der Waals surface area contributed by atoms with Gasteiger partial charge in [0.1, 0.15) is 0 Å². The zero-order valence-electron chi connectivity index (χ0n) is 22.2. The zero-order chi connectivity index (χ0) is 29.9. The van der Waals surface area contributed by atoms with Crippen molar-refractivity contribution in [2.24, 2.45) is 0 Å². The number of piperazine rings is 1. The van der Waals surface area contributed by atoms with E-state index in [1.54, 1.807) is 48.5 Å². The lowest BCUT2D eigenvalue weighted by Crippen LogP contribution is -2.48. The molecule has 0 aliphatic carbocycles. The van der Waals surface area contributed by atoms with Crippen LogP contribution < -0.4 is 10.2 Å². The Labute approximate surface area is 241 Å². The first kappa shape index (κ1) is 28.9. The van der Waals surface area contributed by atoms with E-state index in [4.69, 9.17) is 5.26 Å². The minimum atomic E-state index is -4.45. The molecular weight excluding hydrogens is 565 g/mol. The van der Waals surface area contributed by atoms with E-state index < -0.39 is 27.7 Å². The second-order valence-corrected chi connectivity index (χ2v) is 11.6. The topological polar surface area (TPSA) is 93.5 Å². The van der Waals surface area contributed by atoms with Gasteiger partial charge in [0.15, 0.2) is 0 Å². The molecule has 1 N–H and O–H groups in total. The van der Waals surface area contributed by atoms with E-state index in [1.807, 2.05) is 23.1 Å². The van der Waals surface area contributed by atoms with Gasteiger partial charge in [0.25, 0.3) is 5.91 Å². The standard InChI is InChI=1S/C31H25F3N4O3S/c32-31(33,34)24-10-8-23(9-11-24)28-6-1-2-7-29(28)30(39)36-25-12-14-26(15-13-25)37-16-18-38(19-17-37)42(40,41)27-5-3-4-22(20-27)21-35/h1-15,20H,16-19H2,(H,36,39). The van der Waals surface area contributed by atoms with Crippen molar-refractivity contribution in [1.29, 1.82) is 5.26 Å². The molecule has 4 aromatic carbocycles. The highest BCUT2D eigenvalue weighted by Gasteiger charge is 2.30. The Kier molecular flexibility index (Phi) is 8.02. The lowest BCUT2D eigenvalue weighted by Gasteiger charge is -2.35. The quantitative estimate of drug-likeness (QED) is 0.297. The number of alkyl halides is 3. The van der Waals surface area contributed by atoms with Crippen LogP contribution in [0, 0.1) is 11.3 Å². The van der Waals surface area contributed by atoms with Crippen molar-refractivity contribution >= 4 is 27.3 Å². The number of nitrogens with zero attached hydrogens (tertiary/aromatic N) is 3. The van der Waals surface area contributed by atoms with E-state index in [1.165, 1.54) is 28.6 Å². The minimum absolute atomic E-state index is 0.0926. The summed E-state index contributed by atoms with van der Waals surface area (Å²) in [5.41, 5.74) is 2.23. The molecular formula is C31H25F3N4O3S. The van der Waals surface area contributed by atoms with Crippen molar-refractivity contribution in [3.8, 4) is 17.2 Å². The molecule has 0 saturated carbocycles. The monoisotopic (exact) mass is 590 g/mol. The van der Waals surface area contributed by atoms with Gasteiger partial charge in [0.2, 0.25) is 10.0 Å². The summed E-state index contributed by atoms with van der Waals surface area (Å²) < 4.78 is 66.4. The average Bonchev–Trinajstić information content (AvgIpc) is 3.01. The van der Waals surface area contributed by atoms with Crippen molar-refractivity contribution in [2.45, 2.75) is 11.1 Å². The van der Waals surface area contributed by atoms with E-state index in [2.05, 4.69) is 5.32 Å². The molecule has 1 amide bonds. The number of carbonyl (C=O) groups excluding carboxylic acids is 1. The van der Waals surface area contributed by atoms with Crippen molar-refractivity contribution in [2.75, 3.05) is 36.4 Å². The maximum atomic E-state index is 13.1. The third kappa shape index (κ3) is 6.15. The van der Waals surface area contributed by atoms with Crippen molar-refractivity contribution in [3.05, 3.63) is 114 Å². The molecule has 1 saturated heterocycles. The molecule has 0 atom stereocenters. The number of nitrogens with one attached hydrogen (secondary N) is 1. The van der Waals surface area contributed by atoms with Gasteiger partial charge in [-0.25, -0.2) is 8.42 Å². The SMILES string of the molecule is N#Cc1cccc(S(=O)(=O)N2CCN(c3ccc(NC(=O)c4ccccc4-c4ccc(C(F)(F)F)cc4)cc3)CC2)c1. The highest BCUT2D eigenvalue weighted by atomic mass is 32.2. The fraction of sp³-hybridized carbons (Fsp3) is 0.161. The molecule has 5 rings (SSSR count). The van der Waals surface area contributed by atoms with E-state index in [-0.39, 0.29) is 23.5 Å². The molecule has 0 spiro atoms. The summed E-state index contributed by atoms with van der Waals surface area (Å²) in [5.74, 6) is -0.405. The Bertz CT molecular complexity index is 1740. The molecule has 4 aromatic rings.